The topological polar surface area (TPSA) is 113 Å². The Labute approximate surface area is 188 Å². The van der Waals surface area contributed by atoms with Gasteiger partial charge in [-0.15, -0.1) is 0 Å². The maximum Gasteiger partial charge on any atom is 0.319 e. The molecule has 176 valence electrons. The van der Waals surface area contributed by atoms with Crippen molar-refractivity contribution in [3.63, 3.8) is 0 Å². The van der Waals surface area contributed by atoms with Crippen molar-refractivity contribution in [3.05, 3.63) is 30.5 Å². The number of hydrogen-bond donors (Lipinski definition) is 2. The summed E-state index contributed by atoms with van der Waals surface area (Å²) in [5.41, 5.74) is 1.46. The van der Waals surface area contributed by atoms with Gasteiger partial charge in [-0.05, 0) is 38.1 Å². The van der Waals surface area contributed by atoms with Crippen LogP contribution in [0.4, 0.5) is 10.5 Å². The monoisotopic (exact) mass is 465 g/mol. The molecular formula is C21H31N5O5S. The third-order valence-corrected chi connectivity index (χ3v) is 7.06. The van der Waals surface area contributed by atoms with Crippen LogP contribution >= 0.6 is 0 Å². The van der Waals surface area contributed by atoms with Crippen molar-refractivity contribution in [1.29, 1.82) is 0 Å². The average Bonchev–Trinajstić information content (AvgIpc) is 3.09. The van der Waals surface area contributed by atoms with Gasteiger partial charge >= 0.3 is 6.03 Å². The maximum absolute atomic E-state index is 12.6. The lowest BCUT2D eigenvalue weighted by molar-refractivity contribution is -0.129. The molecule has 0 saturated carbocycles. The third kappa shape index (κ3) is 5.99. The molecule has 1 aromatic heterocycles. The number of carbonyl (C=O) groups excluding carboxylic acids is 2. The van der Waals surface area contributed by atoms with Gasteiger partial charge < -0.3 is 24.8 Å². The molecule has 0 bridgehead atoms. The van der Waals surface area contributed by atoms with Gasteiger partial charge in [0, 0.05) is 56.5 Å². The second kappa shape index (κ2) is 9.88. The fraction of sp³-hybridized carbons (Fsp3) is 0.524. The molecule has 3 rings (SSSR count). The highest BCUT2D eigenvalue weighted by Crippen LogP contribution is 2.21. The van der Waals surface area contributed by atoms with E-state index in [9.17, 15) is 18.0 Å². The molecular weight excluding hydrogens is 434 g/mol. The summed E-state index contributed by atoms with van der Waals surface area (Å²) in [5, 5.41) is 6.20. The second-order valence-electron chi connectivity index (χ2n) is 8.28. The van der Waals surface area contributed by atoms with E-state index in [-0.39, 0.29) is 37.0 Å². The lowest BCUT2D eigenvalue weighted by atomic mass is 10.2. The number of fused-ring (bicyclic) bond motifs is 1. The van der Waals surface area contributed by atoms with Crippen LogP contribution in [-0.2, 0) is 26.1 Å². The van der Waals surface area contributed by atoms with Crippen LogP contribution in [-0.4, -0.2) is 85.8 Å². The summed E-state index contributed by atoms with van der Waals surface area (Å²) in [4.78, 5) is 25.7. The quantitative estimate of drug-likeness (QED) is 0.640. The number of amides is 3. The summed E-state index contributed by atoms with van der Waals surface area (Å²) in [7, 11) is -0.0624. The van der Waals surface area contributed by atoms with E-state index < -0.39 is 16.1 Å². The van der Waals surface area contributed by atoms with Gasteiger partial charge in [0.15, 0.2) is 0 Å². The van der Waals surface area contributed by atoms with E-state index in [1.807, 2.05) is 36.7 Å². The molecule has 1 saturated heterocycles. The van der Waals surface area contributed by atoms with E-state index in [4.69, 9.17) is 4.74 Å². The van der Waals surface area contributed by atoms with Gasteiger partial charge in [-0.2, -0.15) is 4.31 Å². The molecule has 32 heavy (non-hydrogen) atoms. The molecule has 0 radical (unpaired) electrons. The van der Waals surface area contributed by atoms with Crippen molar-refractivity contribution in [2.45, 2.75) is 32.6 Å². The lowest BCUT2D eigenvalue weighted by Crippen LogP contribution is -2.49. The number of hydrogen-bond acceptors (Lipinski definition) is 5. The highest BCUT2D eigenvalue weighted by atomic mass is 32.2. The Bertz CT molecular complexity index is 1070. The molecule has 0 aliphatic carbocycles. The number of anilines is 1. The lowest BCUT2D eigenvalue weighted by Gasteiger charge is -2.34. The molecule has 2 heterocycles. The van der Waals surface area contributed by atoms with Gasteiger partial charge in [-0.25, -0.2) is 13.2 Å². The molecule has 10 nitrogen and oxygen atoms in total. The van der Waals surface area contributed by atoms with Crippen molar-refractivity contribution in [2.75, 3.05) is 44.8 Å². The Morgan fingerprint density at radius 3 is 2.50 bits per heavy atom. The first-order valence-electron chi connectivity index (χ1n) is 10.5. The number of benzene rings is 1. The number of morpholine rings is 1. The Kier molecular flexibility index (Phi) is 7.42. The SMILES string of the molecule is CC1CN(S(=O)(=O)CCNC(=O)Nc2ccc3c(ccn3CC(=O)N(C)C)c2)CC(C)O1. The molecule has 1 aromatic carbocycles. The maximum atomic E-state index is 12.6. The zero-order chi connectivity index (χ0) is 23.5. The van der Waals surface area contributed by atoms with Crippen molar-refractivity contribution in [1.82, 2.24) is 19.1 Å². The predicted octanol–water partition coefficient (Wildman–Crippen LogP) is 1.29. The fourth-order valence-electron chi connectivity index (χ4n) is 3.66. The van der Waals surface area contributed by atoms with Crippen molar-refractivity contribution in [2.24, 2.45) is 0 Å². The smallest absolute Gasteiger partial charge is 0.319 e. The average molecular weight is 466 g/mol. The zero-order valence-corrected chi connectivity index (χ0v) is 19.7. The number of likely N-dealkylation sites (N-methyl/N-ethyl adjacent to an activating group) is 1. The summed E-state index contributed by atoms with van der Waals surface area (Å²) >= 11 is 0. The third-order valence-electron chi connectivity index (χ3n) is 5.26. The number of nitrogens with zero attached hydrogens (tertiary/aromatic N) is 3. The minimum absolute atomic E-state index is 0.000442. The van der Waals surface area contributed by atoms with Crippen LogP contribution in [0, 0.1) is 0 Å². The van der Waals surface area contributed by atoms with E-state index in [2.05, 4.69) is 10.6 Å². The van der Waals surface area contributed by atoms with E-state index in [0.717, 1.165) is 10.9 Å². The molecule has 2 aromatic rings. The Hall–Kier alpha value is -2.63. The molecule has 1 aliphatic heterocycles. The Morgan fingerprint density at radius 2 is 1.84 bits per heavy atom. The molecule has 2 N–H and O–H groups in total. The summed E-state index contributed by atoms with van der Waals surface area (Å²) in [5.74, 6) is -0.193. The molecule has 2 unspecified atom stereocenters. The highest BCUT2D eigenvalue weighted by molar-refractivity contribution is 7.89. The van der Waals surface area contributed by atoms with Crippen LogP contribution in [0.5, 0.6) is 0 Å². The largest absolute Gasteiger partial charge is 0.373 e. The Balaban J connectivity index is 1.53. The molecule has 1 aliphatic rings. The summed E-state index contributed by atoms with van der Waals surface area (Å²) in [6, 6.07) is 6.77. The summed E-state index contributed by atoms with van der Waals surface area (Å²) in [6.07, 6.45) is 1.51. The minimum atomic E-state index is -3.48. The number of nitrogens with one attached hydrogen (secondary N) is 2. The van der Waals surface area contributed by atoms with Crippen molar-refractivity contribution >= 4 is 38.6 Å². The van der Waals surface area contributed by atoms with Crippen molar-refractivity contribution in [3.8, 4) is 0 Å². The standard InChI is InChI=1S/C21H31N5O5S/c1-15-12-26(13-16(2)31-15)32(29,30)10-8-22-21(28)23-18-5-6-19-17(11-18)7-9-25(19)14-20(27)24(3)4/h5-7,9,11,15-16H,8,10,12-14H2,1-4H3,(H2,22,23,28). The zero-order valence-electron chi connectivity index (χ0n) is 18.9. The van der Waals surface area contributed by atoms with E-state index in [1.54, 1.807) is 26.2 Å². The number of carbonyl (C=O) groups is 2. The first-order chi connectivity index (χ1) is 15.0. The van der Waals surface area contributed by atoms with Crippen LogP contribution in [0.25, 0.3) is 10.9 Å². The number of urea groups is 1. The van der Waals surface area contributed by atoms with Gasteiger partial charge in [0.25, 0.3) is 0 Å². The molecule has 2 atom stereocenters. The first-order valence-corrected chi connectivity index (χ1v) is 12.1. The fourth-order valence-corrected chi connectivity index (χ4v) is 5.15. The van der Waals surface area contributed by atoms with Crippen LogP contribution in [0.1, 0.15) is 13.8 Å². The van der Waals surface area contributed by atoms with Gasteiger partial charge in [0.1, 0.15) is 6.54 Å². The first kappa shape index (κ1) is 24.0. The van der Waals surface area contributed by atoms with Crippen LogP contribution in [0.15, 0.2) is 30.5 Å². The van der Waals surface area contributed by atoms with Gasteiger partial charge in [-0.3, -0.25) is 4.79 Å². The number of rotatable bonds is 7. The second-order valence-corrected chi connectivity index (χ2v) is 10.4. The van der Waals surface area contributed by atoms with Gasteiger partial charge in [-0.1, -0.05) is 0 Å². The highest BCUT2D eigenvalue weighted by Gasteiger charge is 2.30. The van der Waals surface area contributed by atoms with Crippen LogP contribution in [0.2, 0.25) is 0 Å². The van der Waals surface area contributed by atoms with Crippen LogP contribution in [0.3, 0.4) is 0 Å². The molecule has 1 fully saturated rings. The summed E-state index contributed by atoms with van der Waals surface area (Å²) in [6.45, 7) is 4.56. The van der Waals surface area contributed by atoms with Crippen molar-refractivity contribution < 1.29 is 22.7 Å². The van der Waals surface area contributed by atoms with Crippen LogP contribution < -0.4 is 10.6 Å². The van der Waals surface area contributed by atoms with E-state index in [0.29, 0.717) is 18.8 Å². The van der Waals surface area contributed by atoms with Gasteiger partial charge in [0.2, 0.25) is 15.9 Å². The van der Waals surface area contributed by atoms with E-state index in [1.165, 1.54) is 9.21 Å². The molecule has 0 spiro atoms. The number of ether oxygens (including phenoxy) is 1. The Morgan fingerprint density at radius 1 is 1.16 bits per heavy atom. The summed E-state index contributed by atoms with van der Waals surface area (Å²) < 4.78 is 34.0. The number of aromatic nitrogens is 1. The predicted molar refractivity (Wildman–Crippen MR) is 123 cm³/mol. The minimum Gasteiger partial charge on any atom is -0.373 e. The van der Waals surface area contributed by atoms with E-state index >= 15 is 0 Å². The normalized spacial score (nSPS) is 19.6. The number of sulfonamides is 1. The molecule has 3 amide bonds. The molecule has 11 heteroatoms. The van der Waals surface area contributed by atoms with Gasteiger partial charge in [0.05, 0.1) is 18.0 Å².